The normalized spacial score (nSPS) is 20.3. The molecule has 0 aromatic heterocycles. The minimum Gasteiger partial charge on any atom is -0.455 e. The molecule has 0 spiro atoms. The van der Waals surface area contributed by atoms with Crippen LogP contribution in [0.25, 0.3) is 0 Å². The highest BCUT2D eigenvalue weighted by Gasteiger charge is 2.37. The van der Waals surface area contributed by atoms with Gasteiger partial charge in [0.05, 0.1) is 5.92 Å². The van der Waals surface area contributed by atoms with Crippen molar-refractivity contribution >= 4 is 29.4 Å². The topological polar surface area (TPSA) is 84.0 Å². The molecule has 0 aliphatic carbocycles. The SMILES string of the molecule is Cc1ccc(N2C[C@@H](C(=O)OCC(=O)N3CCCC3=O)CC2=O)cc1. The molecule has 0 unspecified atom stereocenters. The van der Waals surface area contributed by atoms with Crippen LogP contribution < -0.4 is 4.90 Å². The lowest BCUT2D eigenvalue weighted by atomic mass is 10.1. The molecule has 2 aliphatic heterocycles. The van der Waals surface area contributed by atoms with Crippen LogP contribution in [0.3, 0.4) is 0 Å². The second-order valence-corrected chi connectivity index (χ2v) is 6.39. The molecule has 2 heterocycles. The van der Waals surface area contributed by atoms with Gasteiger partial charge in [0, 0.05) is 31.6 Å². The van der Waals surface area contributed by atoms with Gasteiger partial charge >= 0.3 is 5.97 Å². The average Bonchev–Trinajstić information content (AvgIpc) is 3.19. The molecule has 25 heavy (non-hydrogen) atoms. The third kappa shape index (κ3) is 3.70. The number of amides is 3. The van der Waals surface area contributed by atoms with Crippen LogP contribution in [0, 0.1) is 12.8 Å². The summed E-state index contributed by atoms with van der Waals surface area (Å²) in [4.78, 5) is 50.4. The van der Waals surface area contributed by atoms with Crippen molar-refractivity contribution in [3.05, 3.63) is 29.8 Å². The molecule has 2 fully saturated rings. The number of rotatable bonds is 4. The molecule has 7 heteroatoms. The van der Waals surface area contributed by atoms with Crippen molar-refractivity contribution < 1.29 is 23.9 Å². The molecule has 1 aromatic rings. The van der Waals surface area contributed by atoms with E-state index in [9.17, 15) is 19.2 Å². The minimum atomic E-state index is -0.601. The van der Waals surface area contributed by atoms with Gasteiger partial charge in [0.1, 0.15) is 0 Å². The smallest absolute Gasteiger partial charge is 0.311 e. The van der Waals surface area contributed by atoms with Crippen LogP contribution in [0.4, 0.5) is 5.69 Å². The Morgan fingerprint density at radius 3 is 2.52 bits per heavy atom. The monoisotopic (exact) mass is 344 g/mol. The molecule has 0 radical (unpaired) electrons. The van der Waals surface area contributed by atoms with Gasteiger partial charge in [-0.05, 0) is 25.5 Å². The number of hydrogen-bond donors (Lipinski definition) is 0. The molecule has 3 amide bonds. The van der Waals surface area contributed by atoms with Gasteiger partial charge in [0.25, 0.3) is 5.91 Å². The van der Waals surface area contributed by atoms with Crippen LogP contribution in [0.2, 0.25) is 0 Å². The van der Waals surface area contributed by atoms with Crippen LogP contribution in [-0.2, 0) is 23.9 Å². The highest BCUT2D eigenvalue weighted by molar-refractivity contribution is 6.00. The number of hydrogen-bond acceptors (Lipinski definition) is 5. The maximum Gasteiger partial charge on any atom is 0.311 e. The molecular weight excluding hydrogens is 324 g/mol. The molecule has 2 saturated heterocycles. The predicted octanol–water partition coefficient (Wildman–Crippen LogP) is 1.04. The third-order valence-electron chi connectivity index (χ3n) is 4.52. The molecule has 1 aromatic carbocycles. The fraction of sp³-hybridized carbons (Fsp3) is 0.444. The van der Waals surface area contributed by atoms with Crippen molar-refractivity contribution in [3.63, 3.8) is 0 Å². The number of imide groups is 1. The molecule has 0 N–H and O–H groups in total. The second kappa shape index (κ2) is 7.04. The molecule has 0 bridgehead atoms. The van der Waals surface area contributed by atoms with E-state index in [0.717, 1.165) is 16.2 Å². The Bertz CT molecular complexity index is 713. The van der Waals surface area contributed by atoms with Crippen molar-refractivity contribution in [1.29, 1.82) is 0 Å². The van der Waals surface area contributed by atoms with Crippen molar-refractivity contribution in [2.75, 3.05) is 24.6 Å². The van der Waals surface area contributed by atoms with Crippen LogP contribution in [0.5, 0.6) is 0 Å². The van der Waals surface area contributed by atoms with E-state index in [4.69, 9.17) is 4.74 Å². The summed E-state index contributed by atoms with van der Waals surface area (Å²) in [6.07, 6.45) is 1.05. The van der Waals surface area contributed by atoms with Gasteiger partial charge in [-0.3, -0.25) is 24.1 Å². The molecule has 2 aliphatic rings. The van der Waals surface area contributed by atoms with Gasteiger partial charge in [0.2, 0.25) is 11.8 Å². The Morgan fingerprint density at radius 1 is 1.16 bits per heavy atom. The Morgan fingerprint density at radius 2 is 1.88 bits per heavy atom. The molecule has 0 saturated carbocycles. The first-order chi connectivity index (χ1) is 12.0. The van der Waals surface area contributed by atoms with Gasteiger partial charge in [-0.15, -0.1) is 0 Å². The summed E-state index contributed by atoms with van der Waals surface area (Å²) in [7, 11) is 0. The Labute approximate surface area is 145 Å². The van der Waals surface area contributed by atoms with Crippen LogP contribution >= 0.6 is 0 Å². The number of ether oxygens (including phenoxy) is 1. The predicted molar refractivity (Wildman–Crippen MR) is 88.6 cm³/mol. The zero-order chi connectivity index (χ0) is 18.0. The van der Waals surface area contributed by atoms with Gasteiger partial charge in [0.15, 0.2) is 6.61 Å². The van der Waals surface area contributed by atoms with E-state index in [-0.39, 0.29) is 24.8 Å². The number of carbonyl (C=O) groups is 4. The molecule has 1 atom stereocenters. The fourth-order valence-corrected chi connectivity index (χ4v) is 3.08. The highest BCUT2D eigenvalue weighted by Crippen LogP contribution is 2.26. The molecular formula is C18H20N2O5. The summed E-state index contributed by atoms with van der Waals surface area (Å²) in [6.45, 7) is 2.10. The maximum absolute atomic E-state index is 12.2. The van der Waals surface area contributed by atoms with Crippen LogP contribution in [0.1, 0.15) is 24.8 Å². The zero-order valence-electron chi connectivity index (χ0n) is 14.1. The largest absolute Gasteiger partial charge is 0.455 e. The van der Waals surface area contributed by atoms with Gasteiger partial charge in [-0.2, -0.15) is 0 Å². The number of nitrogens with zero attached hydrogens (tertiary/aromatic N) is 2. The lowest BCUT2D eigenvalue weighted by molar-refractivity contribution is -0.157. The third-order valence-corrected chi connectivity index (χ3v) is 4.52. The first-order valence-electron chi connectivity index (χ1n) is 8.32. The van der Waals surface area contributed by atoms with E-state index < -0.39 is 24.4 Å². The van der Waals surface area contributed by atoms with Crippen LogP contribution in [-0.4, -0.2) is 48.3 Å². The Hall–Kier alpha value is -2.70. The summed E-state index contributed by atoms with van der Waals surface area (Å²) in [5.74, 6) is -2.07. The van der Waals surface area contributed by atoms with Crippen molar-refractivity contribution in [2.24, 2.45) is 5.92 Å². The second-order valence-electron chi connectivity index (χ2n) is 6.39. The summed E-state index contributed by atoms with van der Waals surface area (Å²) >= 11 is 0. The van der Waals surface area contributed by atoms with Gasteiger partial charge in [-0.1, -0.05) is 17.7 Å². The Kier molecular flexibility index (Phi) is 4.83. The fourth-order valence-electron chi connectivity index (χ4n) is 3.08. The number of benzene rings is 1. The summed E-state index contributed by atoms with van der Waals surface area (Å²) in [6, 6.07) is 7.48. The first-order valence-corrected chi connectivity index (χ1v) is 8.32. The summed E-state index contributed by atoms with van der Waals surface area (Å²) < 4.78 is 5.04. The van der Waals surface area contributed by atoms with E-state index in [0.29, 0.717) is 19.4 Å². The molecule has 7 nitrogen and oxygen atoms in total. The highest BCUT2D eigenvalue weighted by atomic mass is 16.5. The molecule has 132 valence electrons. The van der Waals surface area contributed by atoms with E-state index in [1.54, 1.807) is 4.90 Å². The van der Waals surface area contributed by atoms with Crippen molar-refractivity contribution in [2.45, 2.75) is 26.2 Å². The zero-order valence-corrected chi connectivity index (χ0v) is 14.1. The van der Waals surface area contributed by atoms with E-state index in [1.165, 1.54) is 0 Å². The number of aryl methyl sites for hydroxylation is 1. The lowest BCUT2D eigenvalue weighted by Crippen LogP contribution is -2.36. The number of carbonyl (C=O) groups excluding carboxylic acids is 4. The minimum absolute atomic E-state index is 0.0591. The van der Waals surface area contributed by atoms with Crippen molar-refractivity contribution in [3.8, 4) is 0 Å². The number of anilines is 1. The van der Waals surface area contributed by atoms with E-state index in [2.05, 4.69) is 0 Å². The van der Waals surface area contributed by atoms with Gasteiger partial charge in [-0.25, -0.2) is 0 Å². The number of likely N-dealkylation sites (tertiary alicyclic amines) is 1. The maximum atomic E-state index is 12.2. The Balaban J connectivity index is 1.55. The lowest BCUT2D eigenvalue weighted by Gasteiger charge is -2.17. The molecule has 3 rings (SSSR count). The van der Waals surface area contributed by atoms with Crippen molar-refractivity contribution in [1.82, 2.24) is 4.90 Å². The standard InChI is InChI=1S/C18H20N2O5/c1-12-4-6-14(7-5-12)20-10-13(9-16(20)22)18(24)25-11-17(23)19-8-2-3-15(19)21/h4-7,13H,2-3,8-11H2,1H3/t13-/m0/s1. The average molecular weight is 344 g/mol. The van der Waals surface area contributed by atoms with E-state index in [1.807, 2.05) is 31.2 Å². The summed E-state index contributed by atoms with van der Waals surface area (Å²) in [5.41, 5.74) is 1.82. The van der Waals surface area contributed by atoms with Crippen LogP contribution in [0.15, 0.2) is 24.3 Å². The summed E-state index contributed by atoms with van der Waals surface area (Å²) in [5, 5.41) is 0. The first kappa shape index (κ1) is 17.1. The van der Waals surface area contributed by atoms with E-state index >= 15 is 0 Å². The number of esters is 1. The quantitative estimate of drug-likeness (QED) is 0.762. The van der Waals surface area contributed by atoms with Gasteiger partial charge < -0.3 is 9.64 Å².